The van der Waals surface area contributed by atoms with Crippen molar-refractivity contribution in [3.05, 3.63) is 11.1 Å². The van der Waals surface area contributed by atoms with Crippen molar-refractivity contribution in [2.24, 2.45) is 0 Å². The molecule has 16 heavy (non-hydrogen) atoms. The highest BCUT2D eigenvalue weighted by Crippen LogP contribution is 2.34. The molecule has 0 unspecified atom stereocenters. The largest absolute Gasteiger partial charge is 0.345 e. The predicted molar refractivity (Wildman–Crippen MR) is 58.2 cm³/mol. The minimum Gasteiger partial charge on any atom is -0.345 e. The van der Waals surface area contributed by atoms with Crippen molar-refractivity contribution in [1.29, 1.82) is 0 Å². The number of ether oxygens (including phenoxy) is 2. The number of thiazole rings is 1. The van der Waals surface area contributed by atoms with Gasteiger partial charge in [-0.25, -0.2) is 9.37 Å². The quantitative estimate of drug-likeness (QED) is 0.797. The monoisotopic (exact) mass is 244 g/mol. The van der Waals surface area contributed by atoms with Gasteiger partial charge >= 0.3 is 0 Å². The molecule has 2 fully saturated rings. The van der Waals surface area contributed by atoms with E-state index in [9.17, 15) is 4.39 Å². The maximum absolute atomic E-state index is 13.0. The van der Waals surface area contributed by atoms with Crippen molar-refractivity contribution in [2.45, 2.75) is 32.1 Å². The standard InChI is InChI=1S/C10H13FN2O2S/c1-6-14-9(15-6)8-5-16-10(12-8)13-3-2-7(11)4-13/h5-7,9H,2-4H2,1H3/t6?,7-,9?/m0/s1. The van der Waals surface area contributed by atoms with Gasteiger partial charge in [0.25, 0.3) is 0 Å². The first-order valence-corrected chi connectivity index (χ1v) is 6.25. The Bertz CT molecular complexity index is 381. The summed E-state index contributed by atoms with van der Waals surface area (Å²) in [4.78, 5) is 6.38. The topological polar surface area (TPSA) is 34.6 Å². The highest BCUT2D eigenvalue weighted by atomic mass is 32.1. The van der Waals surface area contributed by atoms with Crippen LogP contribution in [0.2, 0.25) is 0 Å². The first-order chi connectivity index (χ1) is 7.72. The molecule has 4 nitrogen and oxygen atoms in total. The highest BCUT2D eigenvalue weighted by Gasteiger charge is 2.32. The van der Waals surface area contributed by atoms with Crippen molar-refractivity contribution in [3.8, 4) is 0 Å². The van der Waals surface area contributed by atoms with E-state index in [0.29, 0.717) is 13.0 Å². The second-order valence-corrected chi connectivity index (χ2v) is 4.90. The van der Waals surface area contributed by atoms with Gasteiger partial charge in [0.05, 0.1) is 6.54 Å². The van der Waals surface area contributed by atoms with Crippen LogP contribution in [0.5, 0.6) is 0 Å². The fraction of sp³-hybridized carbons (Fsp3) is 0.700. The lowest BCUT2D eigenvalue weighted by molar-refractivity contribution is -0.383. The number of rotatable bonds is 2. The van der Waals surface area contributed by atoms with Gasteiger partial charge in [-0.15, -0.1) is 11.3 Å². The van der Waals surface area contributed by atoms with Crippen molar-refractivity contribution < 1.29 is 13.9 Å². The Morgan fingerprint density at radius 1 is 1.56 bits per heavy atom. The van der Waals surface area contributed by atoms with E-state index in [2.05, 4.69) is 4.98 Å². The second kappa shape index (κ2) is 3.94. The molecule has 1 atom stereocenters. The molecule has 0 bridgehead atoms. The predicted octanol–water partition coefficient (Wildman–Crippen LogP) is 2.08. The second-order valence-electron chi connectivity index (χ2n) is 4.06. The average molecular weight is 244 g/mol. The van der Waals surface area contributed by atoms with Crippen LogP contribution in [0, 0.1) is 0 Å². The molecule has 3 rings (SSSR count). The Labute approximate surface area is 97.0 Å². The molecule has 0 aromatic carbocycles. The van der Waals surface area contributed by atoms with E-state index < -0.39 is 6.17 Å². The molecule has 1 aromatic rings. The van der Waals surface area contributed by atoms with E-state index >= 15 is 0 Å². The summed E-state index contributed by atoms with van der Waals surface area (Å²) in [6, 6.07) is 0. The fourth-order valence-electron chi connectivity index (χ4n) is 1.92. The van der Waals surface area contributed by atoms with E-state index in [0.717, 1.165) is 17.4 Å². The maximum Gasteiger partial charge on any atom is 0.207 e. The van der Waals surface area contributed by atoms with Gasteiger partial charge in [0.1, 0.15) is 11.9 Å². The summed E-state index contributed by atoms with van der Waals surface area (Å²) in [5.74, 6) is 0. The van der Waals surface area contributed by atoms with E-state index in [1.807, 2.05) is 17.2 Å². The molecule has 2 aliphatic rings. The van der Waals surface area contributed by atoms with Crippen LogP contribution >= 0.6 is 11.3 Å². The summed E-state index contributed by atoms with van der Waals surface area (Å²) < 4.78 is 23.7. The zero-order chi connectivity index (χ0) is 11.1. The number of nitrogens with zero attached hydrogens (tertiary/aromatic N) is 2. The van der Waals surface area contributed by atoms with Crippen LogP contribution in [-0.4, -0.2) is 30.5 Å². The molecule has 0 N–H and O–H groups in total. The zero-order valence-corrected chi connectivity index (χ0v) is 9.74. The first kappa shape index (κ1) is 10.4. The number of alkyl halides is 1. The third-order valence-corrected chi connectivity index (χ3v) is 3.70. The Balaban J connectivity index is 1.68. The minimum atomic E-state index is -0.719. The molecule has 0 spiro atoms. The summed E-state index contributed by atoms with van der Waals surface area (Å²) in [5, 5.41) is 2.78. The number of hydrogen-bond donors (Lipinski definition) is 0. The van der Waals surface area contributed by atoms with Gasteiger partial charge in [-0.1, -0.05) is 0 Å². The van der Waals surface area contributed by atoms with Gasteiger partial charge in [0, 0.05) is 11.9 Å². The molecule has 0 amide bonds. The van der Waals surface area contributed by atoms with Gasteiger partial charge in [0.2, 0.25) is 6.29 Å². The number of aromatic nitrogens is 1. The molecule has 0 saturated carbocycles. The van der Waals surface area contributed by atoms with Gasteiger partial charge in [-0.2, -0.15) is 0 Å². The van der Waals surface area contributed by atoms with Gasteiger partial charge in [0.15, 0.2) is 11.4 Å². The van der Waals surface area contributed by atoms with E-state index in [4.69, 9.17) is 9.47 Å². The van der Waals surface area contributed by atoms with Crippen LogP contribution in [0.25, 0.3) is 0 Å². The van der Waals surface area contributed by atoms with Crippen molar-refractivity contribution in [1.82, 2.24) is 4.98 Å². The molecule has 2 aliphatic heterocycles. The molecule has 3 heterocycles. The highest BCUT2D eigenvalue weighted by molar-refractivity contribution is 7.13. The van der Waals surface area contributed by atoms with Crippen molar-refractivity contribution >= 4 is 16.5 Å². The molecular formula is C10H13FN2O2S. The van der Waals surface area contributed by atoms with Crippen molar-refractivity contribution in [2.75, 3.05) is 18.0 Å². The summed E-state index contributed by atoms with van der Waals surface area (Å²) >= 11 is 1.52. The number of anilines is 1. The minimum absolute atomic E-state index is 0.142. The number of halogens is 1. The summed E-state index contributed by atoms with van der Waals surface area (Å²) in [6.45, 7) is 3.05. The van der Waals surface area contributed by atoms with Crippen LogP contribution in [0.1, 0.15) is 25.3 Å². The lowest BCUT2D eigenvalue weighted by Crippen LogP contribution is -2.31. The lowest BCUT2D eigenvalue weighted by Gasteiger charge is -2.32. The Kier molecular flexibility index (Phi) is 2.57. The summed E-state index contributed by atoms with van der Waals surface area (Å²) in [7, 11) is 0. The summed E-state index contributed by atoms with van der Waals surface area (Å²) in [5.41, 5.74) is 0.792. The third kappa shape index (κ3) is 1.81. The Hall–Kier alpha value is -0.720. The Morgan fingerprint density at radius 3 is 3.00 bits per heavy atom. The van der Waals surface area contributed by atoms with Crippen molar-refractivity contribution in [3.63, 3.8) is 0 Å². The van der Waals surface area contributed by atoms with Gasteiger partial charge in [-0.3, -0.25) is 0 Å². The van der Waals surface area contributed by atoms with Crippen LogP contribution in [-0.2, 0) is 9.47 Å². The van der Waals surface area contributed by atoms with E-state index in [1.165, 1.54) is 11.3 Å². The molecule has 0 aliphatic carbocycles. The average Bonchev–Trinajstić information content (AvgIpc) is 2.81. The van der Waals surface area contributed by atoms with Gasteiger partial charge in [-0.05, 0) is 13.3 Å². The van der Waals surface area contributed by atoms with Crippen LogP contribution in [0.4, 0.5) is 9.52 Å². The lowest BCUT2D eigenvalue weighted by atomic mass is 10.3. The first-order valence-electron chi connectivity index (χ1n) is 5.38. The smallest absolute Gasteiger partial charge is 0.207 e. The van der Waals surface area contributed by atoms with E-state index in [-0.39, 0.29) is 12.6 Å². The molecule has 1 aromatic heterocycles. The number of hydrogen-bond acceptors (Lipinski definition) is 5. The SMILES string of the molecule is CC1OC(c2csc(N3CC[C@H](F)C3)n2)O1. The molecule has 88 valence electrons. The fourth-order valence-corrected chi connectivity index (χ4v) is 2.78. The molecule has 2 saturated heterocycles. The molecule has 0 radical (unpaired) electrons. The van der Waals surface area contributed by atoms with Crippen LogP contribution in [0.15, 0.2) is 5.38 Å². The third-order valence-electron chi connectivity index (χ3n) is 2.78. The normalized spacial score (nSPS) is 34.1. The van der Waals surface area contributed by atoms with E-state index in [1.54, 1.807) is 0 Å². The zero-order valence-electron chi connectivity index (χ0n) is 8.93. The van der Waals surface area contributed by atoms with Crippen LogP contribution < -0.4 is 4.90 Å². The van der Waals surface area contributed by atoms with Crippen LogP contribution in [0.3, 0.4) is 0 Å². The molecular weight excluding hydrogens is 231 g/mol. The molecule has 6 heteroatoms. The Morgan fingerprint density at radius 2 is 2.38 bits per heavy atom. The summed E-state index contributed by atoms with van der Waals surface area (Å²) in [6.07, 6.45) is -0.591. The maximum atomic E-state index is 13.0. The van der Waals surface area contributed by atoms with Gasteiger partial charge < -0.3 is 14.4 Å².